The van der Waals surface area contributed by atoms with Gasteiger partial charge in [-0.2, -0.15) is 16.1 Å². The van der Waals surface area contributed by atoms with Gasteiger partial charge in [-0.3, -0.25) is 24.0 Å². The highest BCUT2D eigenvalue weighted by molar-refractivity contribution is 7.18. The zero-order chi connectivity index (χ0) is 30.2. The van der Waals surface area contributed by atoms with Crippen LogP contribution in [0, 0.1) is 0 Å². The largest absolute Gasteiger partial charge is 0.451 e. The van der Waals surface area contributed by atoms with Crippen LogP contribution in [0.2, 0.25) is 19.6 Å². The highest BCUT2D eigenvalue weighted by Crippen LogP contribution is 2.43. The van der Waals surface area contributed by atoms with Crippen LogP contribution in [0.15, 0.2) is 26.8 Å². The molecule has 1 aromatic rings. The second kappa shape index (κ2) is 12.2. The minimum Gasteiger partial charge on any atom is -0.451 e. The quantitative estimate of drug-likeness (QED) is 0.161. The molecular formula is C23H36Cl2N4O10Si. The first kappa shape index (κ1) is 32.7. The Morgan fingerprint density at radius 2 is 1.62 bits per heavy atom. The molecule has 226 valence electrons. The maximum Gasteiger partial charge on any atom is 0.330 e. The molecule has 40 heavy (non-hydrogen) atoms. The van der Waals surface area contributed by atoms with Crippen LogP contribution in [0.5, 0.6) is 0 Å². The first-order chi connectivity index (χ1) is 18.4. The van der Waals surface area contributed by atoms with Crippen molar-refractivity contribution in [2.75, 3.05) is 19.8 Å². The molecule has 5 rings (SSSR count). The Morgan fingerprint density at radius 3 is 2.15 bits per heavy atom. The molecule has 14 nitrogen and oxygen atoms in total. The number of carbonyl (C=O) groups is 1. The second-order valence-corrected chi connectivity index (χ2v) is 19.4. The lowest BCUT2D eigenvalue weighted by molar-refractivity contribution is -0.119. The first-order valence-corrected chi connectivity index (χ1v) is 17.5. The monoisotopic (exact) mass is 626 g/mol. The molecule has 0 bridgehead atoms. The molecular weight excluding hydrogens is 591 g/mol. The van der Waals surface area contributed by atoms with E-state index in [4.69, 9.17) is 47.1 Å². The van der Waals surface area contributed by atoms with Crippen molar-refractivity contribution in [3.8, 4) is 0 Å². The summed E-state index contributed by atoms with van der Waals surface area (Å²) in [6.07, 6.45) is -3.55. The van der Waals surface area contributed by atoms with Crippen molar-refractivity contribution in [1.82, 2.24) is 14.5 Å². The zero-order valence-electron chi connectivity index (χ0n) is 22.8. The third-order valence-electron chi connectivity index (χ3n) is 6.54. The zero-order valence-corrected chi connectivity index (χ0v) is 25.3. The van der Waals surface area contributed by atoms with Crippen LogP contribution in [0.1, 0.15) is 26.5 Å². The number of halogens is 2. The smallest absolute Gasteiger partial charge is 0.330 e. The summed E-state index contributed by atoms with van der Waals surface area (Å²) in [4.78, 5) is 40.1. The van der Waals surface area contributed by atoms with E-state index in [2.05, 4.69) is 29.6 Å². The fourth-order valence-corrected chi connectivity index (χ4v) is 4.83. The predicted molar refractivity (Wildman–Crippen MR) is 147 cm³/mol. The molecule has 0 unspecified atom stereocenters. The average Bonchev–Trinajstić information content (AvgIpc) is 3.35. The molecule has 1 aromatic heterocycles. The molecule has 3 fully saturated rings. The maximum atomic E-state index is 11.6. The summed E-state index contributed by atoms with van der Waals surface area (Å²) < 4.78 is 17.6. The van der Waals surface area contributed by atoms with Crippen LogP contribution in [-0.2, 0) is 19.0 Å². The van der Waals surface area contributed by atoms with E-state index in [9.17, 15) is 24.6 Å². The summed E-state index contributed by atoms with van der Waals surface area (Å²) in [5, 5.41) is 38.1. The van der Waals surface area contributed by atoms with Crippen molar-refractivity contribution in [1.29, 1.82) is 0 Å². The van der Waals surface area contributed by atoms with E-state index in [-0.39, 0.29) is 18.5 Å². The third-order valence-corrected chi connectivity index (χ3v) is 6.95. The molecule has 8 atom stereocenters. The number of carbonyl (C=O) groups excluding carboxylic acids is 1. The Morgan fingerprint density at radius 1 is 1.07 bits per heavy atom. The first-order valence-electron chi connectivity index (χ1n) is 12.6. The van der Waals surface area contributed by atoms with Crippen molar-refractivity contribution in [2.24, 2.45) is 4.99 Å². The number of nitrogens with one attached hydrogen (secondary N) is 1. The van der Waals surface area contributed by atoms with E-state index in [1.54, 1.807) is 11.8 Å². The number of ether oxygens (including phenoxy) is 3. The number of rotatable bonds is 3. The second-order valence-electron chi connectivity index (χ2n) is 11.1. The Balaban J connectivity index is 0.000000189. The Labute approximate surface area is 240 Å². The Bertz CT molecular complexity index is 1220. The lowest BCUT2D eigenvalue weighted by Gasteiger charge is -2.26. The summed E-state index contributed by atoms with van der Waals surface area (Å²) in [6.45, 7) is 9.24. The van der Waals surface area contributed by atoms with Crippen LogP contribution >= 0.6 is 22.7 Å². The van der Waals surface area contributed by atoms with Crippen molar-refractivity contribution in [2.45, 2.75) is 87.3 Å². The van der Waals surface area contributed by atoms with Crippen LogP contribution in [0.3, 0.4) is 0 Å². The number of aliphatic imine (C=N–C) groups is 1. The van der Waals surface area contributed by atoms with Gasteiger partial charge in [-0.1, -0.05) is 19.6 Å². The van der Waals surface area contributed by atoms with E-state index in [1.165, 1.54) is 13.1 Å². The van der Waals surface area contributed by atoms with Gasteiger partial charge in [0.2, 0.25) is 0 Å². The highest BCUT2D eigenvalue weighted by Gasteiger charge is 2.63. The molecule has 5 N–H and O–H groups in total. The van der Waals surface area contributed by atoms with Crippen molar-refractivity contribution in [3.05, 3.63) is 33.1 Å². The van der Waals surface area contributed by atoms with Gasteiger partial charge in [0.15, 0.2) is 18.1 Å². The van der Waals surface area contributed by atoms with E-state index in [1.807, 2.05) is 0 Å². The molecule has 4 aliphatic heterocycles. The van der Waals surface area contributed by atoms with Gasteiger partial charge in [-0.15, -0.1) is 11.6 Å². The Kier molecular flexibility index (Phi) is 9.96. The standard InChI is InChI=1S/C10H13ClN2O5.C10H14N2O5.C3H9ClSi/c1-10(11)7(16)5(4-14)18-8(10)13-3-2-6(15)12-9(13)17;1-10-7(15)5(4-13)16-8(10)12-3-2-6(14)11-9(12)17-10;1-5(2,3)4/h2-3,5,7-8,14,16H,4H2,1H3,(H,12,15,17);5,7-8,13,15H,2-4H2,1H3;1-3H3/t5-,7-,8-,10-;5-,7-,8-,10+;/m11./s1. The van der Waals surface area contributed by atoms with Gasteiger partial charge in [-0.05, 0) is 13.8 Å². The normalized spacial score (nSPS) is 36.4. The summed E-state index contributed by atoms with van der Waals surface area (Å²) in [7, 11) is -1.14. The molecule has 5 heterocycles. The summed E-state index contributed by atoms with van der Waals surface area (Å²) in [5.74, 6) is -0.229. The van der Waals surface area contributed by atoms with Crippen molar-refractivity contribution >= 4 is 42.0 Å². The number of amidine groups is 1. The molecule has 0 aromatic carbocycles. The van der Waals surface area contributed by atoms with E-state index >= 15 is 0 Å². The molecule has 1 amide bonds. The molecule has 4 aliphatic rings. The van der Waals surface area contributed by atoms with Gasteiger partial charge in [0, 0.05) is 25.2 Å². The van der Waals surface area contributed by atoms with E-state index in [0.29, 0.717) is 13.0 Å². The fourth-order valence-electron chi connectivity index (χ4n) is 4.54. The predicted octanol–water partition coefficient (Wildman–Crippen LogP) is -0.713. The van der Waals surface area contributed by atoms with Crippen molar-refractivity contribution in [3.63, 3.8) is 0 Å². The lowest BCUT2D eigenvalue weighted by atomic mass is 9.97. The number of hydrogen-bond acceptors (Lipinski definition) is 11. The van der Waals surface area contributed by atoms with E-state index < -0.39 is 72.6 Å². The van der Waals surface area contributed by atoms with Crippen LogP contribution in [0.25, 0.3) is 0 Å². The average molecular weight is 628 g/mol. The highest BCUT2D eigenvalue weighted by atomic mass is 35.6. The summed E-state index contributed by atoms with van der Waals surface area (Å²) in [5.41, 5.74) is -2.20. The number of fused-ring (bicyclic) bond motifs is 3. The molecule has 0 saturated carbocycles. The number of nitrogens with zero attached hydrogens (tertiary/aromatic N) is 3. The Hall–Kier alpha value is -1.82. The fraction of sp³-hybridized carbons (Fsp3) is 0.739. The van der Waals surface area contributed by atoms with Gasteiger partial charge >= 0.3 is 5.69 Å². The number of H-pyrrole nitrogens is 1. The SMILES string of the molecule is C[C@@]1(Cl)[C@H](O)[C@@H](CO)O[C@H]1n1ccc(=O)[nH]c1=O.C[C@@]12OC3=NC(=O)CCN3[C@@H]1O[C@H](CO)[C@H]2O.C[Si](C)(C)Cl. The van der Waals surface area contributed by atoms with Gasteiger partial charge in [0.1, 0.15) is 36.7 Å². The minimum absolute atomic E-state index is 0.212. The lowest BCUT2D eigenvalue weighted by Crippen LogP contribution is -2.47. The topological polar surface area (TPSA) is 196 Å². The van der Waals surface area contributed by atoms with Crippen LogP contribution < -0.4 is 11.2 Å². The number of hydrogen-bond donors (Lipinski definition) is 5. The third kappa shape index (κ3) is 6.79. The number of aromatic amines is 1. The number of aromatic nitrogens is 2. The van der Waals surface area contributed by atoms with Gasteiger partial charge in [0.05, 0.1) is 13.2 Å². The minimum atomic E-state index is -1.28. The van der Waals surface area contributed by atoms with Crippen LogP contribution in [-0.4, -0.2) is 115 Å². The summed E-state index contributed by atoms with van der Waals surface area (Å²) >= 11 is 11.8. The van der Waals surface area contributed by atoms with Crippen molar-refractivity contribution < 1.29 is 39.4 Å². The molecule has 0 aliphatic carbocycles. The molecule has 3 saturated heterocycles. The molecule has 0 spiro atoms. The van der Waals surface area contributed by atoms with E-state index in [0.717, 1.165) is 10.6 Å². The van der Waals surface area contributed by atoms with Crippen LogP contribution in [0.4, 0.5) is 0 Å². The number of aliphatic hydroxyl groups is 4. The van der Waals surface area contributed by atoms with Gasteiger partial charge < -0.3 is 34.6 Å². The van der Waals surface area contributed by atoms with Gasteiger partial charge in [0.25, 0.3) is 17.5 Å². The number of amides is 1. The maximum absolute atomic E-state index is 11.6. The van der Waals surface area contributed by atoms with Gasteiger partial charge in [-0.25, -0.2) is 4.79 Å². The number of aliphatic hydroxyl groups excluding tert-OH is 4. The molecule has 0 radical (unpaired) electrons. The number of alkyl halides is 1. The molecule has 17 heteroatoms. The summed E-state index contributed by atoms with van der Waals surface area (Å²) in [6, 6.07) is 1.36.